The number of para-hydroxylation sites is 1. The predicted octanol–water partition coefficient (Wildman–Crippen LogP) is 3.38. The summed E-state index contributed by atoms with van der Waals surface area (Å²) in [6.07, 6.45) is 0. The van der Waals surface area contributed by atoms with Gasteiger partial charge < -0.3 is 15.4 Å². The number of imidazole rings is 1. The first-order valence-electron chi connectivity index (χ1n) is 7.28. The van der Waals surface area contributed by atoms with Crippen LogP contribution in [0, 0.1) is 0 Å². The third-order valence-corrected chi connectivity index (χ3v) is 4.39. The summed E-state index contributed by atoms with van der Waals surface area (Å²) in [5.74, 6) is -1.12. The number of rotatable bonds is 5. The molecular weight excluding hydrogens is 326 g/mol. The highest BCUT2D eigenvalue weighted by Gasteiger charge is 2.17. The minimum Gasteiger partial charge on any atom is -0.478 e. The number of carbonyl (C=O) groups is 2. The summed E-state index contributed by atoms with van der Waals surface area (Å²) in [6, 6.07) is 13.9. The van der Waals surface area contributed by atoms with E-state index < -0.39 is 5.97 Å². The van der Waals surface area contributed by atoms with E-state index in [0.29, 0.717) is 16.2 Å². The maximum atomic E-state index is 12.2. The number of carboxylic acids is 1. The van der Waals surface area contributed by atoms with Crippen molar-refractivity contribution in [3.63, 3.8) is 0 Å². The number of amides is 1. The number of benzene rings is 2. The van der Waals surface area contributed by atoms with Crippen molar-refractivity contribution in [2.75, 3.05) is 5.32 Å². The summed E-state index contributed by atoms with van der Waals surface area (Å²) < 4.78 is 0. The van der Waals surface area contributed by atoms with Gasteiger partial charge in [0.2, 0.25) is 5.91 Å². The molecule has 3 rings (SSSR count). The Balaban J connectivity index is 1.71. The summed E-state index contributed by atoms with van der Waals surface area (Å²) in [4.78, 5) is 30.6. The van der Waals surface area contributed by atoms with E-state index in [1.54, 1.807) is 13.0 Å². The van der Waals surface area contributed by atoms with Gasteiger partial charge in [-0.25, -0.2) is 9.78 Å². The van der Waals surface area contributed by atoms with E-state index in [-0.39, 0.29) is 16.7 Å². The lowest BCUT2D eigenvalue weighted by Crippen LogP contribution is -2.22. The van der Waals surface area contributed by atoms with E-state index in [9.17, 15) is 9.59 Å². The van der Waals surface area contributed by atoms with Crippen molar-refractivity contribution in [3.8, 4) is 0 Å². The number of H-pyrrole nitrogens is 1. The maximum absolute atomic E-state index is 12.2. The molecule has 6 nitrogen and oxygen atoms in total. The van der Waals surface area contributed by atoms with Gasteiger partial charge in [0, 0.05) is 5.69 Å². The molecule has 0 fully saturated rings. The molecule has 1 amide bonds. The second-order valence-corrected chi connectivity index (χ2v) is 6.52. The zero-order valence-corrected chi connectivity index (χ0v) is 13.6. The number of carbonyl (C=O) groups excluding carboxylic acids is 1. The number of thioether (sulfide) groups is 1. The normalized spacial score (nSPS) is 12.0. The van der Waals surface area contributed by atoms with Crippen LogP contribution in [0.4, 0.5) is 5.69 Å². The molecule has 7 heteroatoms. The number of aromatic nitrogens is 2. The standard InChI is InChI=1S/C17H15N3O3S/c1-10(15(21)18-12-5-3-2-4-6-12)24-17-19-13-8-7-11(16(22)23)9-14(13)20-17/h2-10H,1H3,(H,18,21)(H,19,20)(H,22,23)/t10-/m1/s1. The van der Waals surface area contributed by atoms with Crippen LogP contribution < -0.4 is 5.32 Å². The van der Waals surface area contributed by atoms with Crippen LogP contribution in [-0.4, -0.2) is 32.2 Å². The minimum atomic E-state index is -0.990. The number of nitrogens with one attached hydrogen (secondary N) is 2. The van der Waals surface area contributed by atoms with Crippen molar-refractivity contribution in [1.82, 2.24) is 9.97 Å². The zero-order chi connectivity index (χ0) is 17.1. The van der Waals surface area contributed by atoms with Gasteiger partial charge in [0.25, 0.3) is 0 Å². The first kappa shape index (κ1) is 16.1. The molecule has 1 aromatic heterocycles. The first-order chi connectivity index (χ1) is 11.5. The van der Waals surface area contributed by atoms with Crippen LogP contribution in [-0.2, 0) is 4.79 Å². The zero-order valence-electron chi connectivity index (χ0n) is 12.8. The number of anilines is 1. The monoisotopic (exact) mass is 341 g/mol. The van der Waals surface area contributed by atoms with Gasteiger partial charge in [0.15, 0.2) is 5.16 Å². The molecule has 1 atom stereocenters. The van der Waals surface area contributed by atoms with E-state index in [4.69, 9.17) is 5.11 Å². The van der Waals surface area contributed by atoms with Gasteiger partial charge in [0.1, 0.15) is 0 Å². The third-order valence-electron chi connectivity index (χ3n) is 3.41. The molecule has 0 saturated heterocycles. The summed E-state index contributed by atoms with van der Waals surface area (Å²) in [5, 5.41) is 12.1. The predicted molar refractivity (Wildman–Crippen MR) is 93.4 cm³/mol. The highest BCUT2D eigenvalue weighted by atomic mass is 32.2. The molecule has 0 spiro atoms. The lowest BCUT2D eigenvalue weighted by atomic mass is 10.2. The fourth-order valence-electron chi connectivity index (χ4n) is 2.16. The molecule has 1 heterocycles. The molecule has 0 radical (unpaired) electrons. The molecule has 3 N–H and O–H groups in total. The Bertz CT molecular complexity index is 892. The van der Waals surface area contributed by atoms with Gasteiger partial charge in [0.05, 0.1) is 21.8 Å². The first-order valence-corrected chi connectivity index (χ1v) is 8.16. The average Bonchev–Trinajstić information content (AvgIpc) is 2.96. The molecule has 0 aliphatic rings. The summed E-state index contributed by atoms with van der Waals surface area (Å²) >= 11 is 1.28. The molecule has 2 aromatic carbocycles. The van der Waals surface area contributed by atoms with Gasteiger partial charge >= 0.3 is 5.97 Å². The lowest BCUT2D eigenvalue weighted by molar-refractivity contribution is -0.115. The number of fused-ring (bicyclic) bond motifs is 1. The Morgan fingerprint density at radius 3 is 2.67 bits per heavy atom. The second kappa shape index (κ2) is 6.76. The lowest BCUT2D eigenvalue weighted by Gasteiger charge is -2.10. The Kier molecular flexibility index (Phi) is 4.52. The number of hydrogen-bond donors (Lipinski definition) is 3. The van der Waals surface area contributed by atoms with Gasteiger partial charge in [-0.15, -0.1) is 0 Å². The van der Waals surface area contributed by atoms with Gasteiger partial charge in [-0.3, -0.25) is 4.79 Å². The summed E-state index contributed by atoms with van der Waals surface area (Å²) in [6.45, 7) is 1.79. The topological polar surface area (TPSA) is 95.1 Å². The highest BCUT2D eigenvalue weighted by molar-refractivity contribution is 8.00. The molecular formula is C17H15N3O3S. The van der Waals surface area contributed by atoms with Crippen molar-refractivity contribution in [3.05, 3.63) is 54.1 Å². The van der Waals surface area contributed by atoms with E-state index in [2.05, 4.69) is 15.3 Å². The molecule has 0 aliphatic carbocycles. The van der Waals surface area contributed by atoms with Crippen LogP contribution in [0.5, 0.6) is 0 Å². The molecule has 0 unspecified atom stereocenters. The Labute approximate surface area is 142 Å². The van der Waals surface area contributed by atoms with E-state index in [0.717, 1.165) is 5.69 Å². The van der Waals surface area contributed by atoms with Crippen LogP contribution in [0.25, 0.3) is 11.0 Å². The molecule has 3 aromatic rings. The number of aromatic carboxylic acids is 1. The minimum absolute atomic E-state index is 0.127. The quantitative estimate of drug-likeness (QED) is 0.618. The smallest absolute Gasteiger partial charge is 0.335 e. The van der Waals surface area contributed by atoms with Crippen LogP contribution >= 0.6 is 11.8 Å². The van der Waals surface area contributed by atoms with Crippen molar-refractivity contribution in [2.45, 2.75) is 17.3 Å². The summed E-state index contributed by atoms with van der Waals surface area (Å²) in [5.41, 5.74) is 2.23. The number of carboxylic acid groups (broad SMARTS) is 1. The fraction of sp³-hybridized carbons (Fsp3) is 0.118. The SMILES string of the molecule is C[C@@H](Sc1nc2ccc(C(=O)O)cc2[nH]1)C(=O)Nc1ccccc1. The van der Waals surface area contributed by atoms with E-state index in [1.807, 2.05) is 30.3 Å². The molecule has 122 valence electrons. The van der Waals surface area contributed by atoms with Crippen molar-refractivity contribution >= 4 is 40.4 Å². The van der Waals surface area contributed by atoms with Crippen LogP contribution in [0.15, 0.2) is 53.7 Å². The molecule has 0 saturated carbocycles. The third kappa shape index (κ3) is 3.57. The van der Waals surface area contributed by atoms with Gasteiger partial charge in [-0.2, -0.15) is 0 Å². The van der Waals surface area contributed by atoms with Crippen LogP contribution in [0.2, 0.25) is 0 Å². The number of hydrogen-bond acceptors (Lipinski definition) is 4. The van der Waals surface area contributed by atoms with Gasteiger partial charge in [-0.1, -0.05) is 30.0 Å². The van der Waals surface area contributed by atoms with Crippen molar-refractivity contribution in [2.24, 2.45) is 0 Å². The molecule has 24 heavy (non-hydrogen) atoms. The van der Waals surface area contributed by atoms with Crippen LogP contribution in [0.3, 0.4) is 0 Å². The van der Waals surface area contributed by atoms with Crippen LogP contribution in [0.1, 0.15) is 17.3 Å². The largest absolute Gasteiger partial charge is 0.478 e. The van der Waals surface area contributed by atoms with E-state index >= 15 is 0 Å². The highest BCUT2D eigenvalue weighted by Crippen LogP contribution is 2.25. The Morgan fingerprint density at radius 2 is 1.96 bits per heavy atom. The average molecular weight is 341 g/mol. The fourth-order valence-corrected chi connectivity index (χ4v) is 2.98. The number of aromatic amines is 1. The molecule has 0 aliphatic heterocycles. The van der Waals surface area contributed by atoms with Crippen molar-refractivity contribution < 1.29 is 14.7 Å². The maximum Gasteiger partial charge on any atom is 0.335 e. The second-order valence-electron chi connectivity index (χ2n) is 5.19. The Hall–Kier alpha value is -2.80. The van der Waals surface area contributed by atoms with E-state index in [1.165, 1.54) is 23.9 Å². The van der Waals surface area contributed by atoms with Crippen molar-refractivity contribution in [1.29, 1.82) is 0 Å². The molecule has 0 bridgehead atoms. The van der Waals surface area contributed by atoms with Gasteiger partial charge in [-0.05, 0) is 37.3 Å². The summed E-state index contributed by atoms with van der Waals surface area (Å²) in [7, 11) is 0. The Morgan fingerprint density at radius 1 is 1.21 bits per heavy atom. The number of nitrogens with zero attached hydrogens (tertiary/aromatic N) is 1.